The largest absolute Gasteiger partial charge is 0.480 e. The molecule has 3 saturated heterocycles. The van der Waals surface area contributed by atoms with Crippen molar-refractivity contribution in [1.29, 1.82) is 0 Å². The number of rotatable bonds is 2. The molecule has 3 aliphatic heterocycles. The highest BCUT2D eigenvalue weighted by Gasteiger charge is 2.42. The predicted molar refractivity (Wildman–Crippen MR) is 49.5 cm³/mol. The minimum Gasteiger partial charge on any atom is -0.480 e. The number of carbonyl (C=O) groups is 1. The summed E-state index contributed by atoms with van der Waals surface area (Å²) in [6, 6.07) is -0.179. The van der Waals surface area contributed by atoms with E-state index in [4.69, 9.17) is 5.11 Å². The topological polar surface area (TPSA) is 40.5 Å². The summed E-state index contributed by atoms with van der Waals surface area (Å²) in [4.78, 5) is 13.0. The highest BCUT2D eigenvalue weighted by atomic mass is 16.4. The van der Waals surface area contributed by atoms with Crippen molar-refractivity contribution >= 4 is 5.97 Å². The Balaban J connectivity index is 2.07. The van der Waals surface area contributed by atoms with Crippen LogP contribution in [0.15, 0.2) is 0 Å². The molecule has 13 heavy (non-hydrogen) atoms. The molecule has 0 aromatic heterocycles. The van der Waals surface area contributed by atoms with Crippen molar-refractivity contribution in [2.45, 2.75) is 32.2 Å². The van der Waals surface area contributed by atoms with Gasteiger partial charge in [0.15, 0.2) is 0 Å². The summed E-state index contributed by atoms with van der Waals surface area (Å²) < 4.78 is 0. The Kier molecular flexibility index (Phi) is 2.28. The molecule has 3 fully saturated rings. The maximum absolute atomic E-state index is 10.9. The van der Waals surface area contributed by atoms with Gasteiger partial charge in [-0.3, -0.25) is 9.69 Å². The van der Waals surface area contributed by atoms with E-state index >= 15 is 0 Å². The lowest BCUT2D eigenvalue weighted by Crippen LogP contribution is -2.56. The van der Waals surface area contributed by atoms with Crippen LogP contribution in [0.5, 0.6) is 0 Å². The first-order chi connectivity index (χ1) is 6.22. The second kappa shape index (κ2) is 3.29. The Morgan fingerprint density at radius 1 is 1.62 bits per heavy atom. The Labute approximate surface area is 78.7 Å². The molecule has 0 aromatic carbocycles. The highest BCUT2D eigenvalue weighted by Crippen LogP contribution is 2.37. The number of hydrogen-bond acceptors (Lipinski definition) is 2. The molecule has 0 aliphatic carbocycles. The molecule has 3 heteroatoms. The predicted octanol–water partition coefficient (Wildman–Crippen LogP) is 1.19. The molecule has 0 aromatic rings. The zero-order chi connectivity index (χ0) is 9.42. The van der Waals surface area contributed by atoms with Gasteiger partial charge < -0.3 is 5.11 Å². The van der Waals surface area contributed by atoms with Gasteiger partial charge in [-0.05, 0) is 31.2 Å². The van der Waals surface area contributed by atoms with E-state index in [-0.39, 0.29) is 6.04 Å². The van der Waals surface area contributed by atoms with Gasteiger partial charge in [-0.2, -0.15) is 0 Å². The van der Waals surface area contributed by atoms with Crippen LogP contribution in [0, 0.1) is 11.8 Å². The van der Waals surface area contributed by atoms with Crippen LogP contribution in [0.3, 0.4) is 0 Å². The minimum atomic E-state index is -0.626. The quantitative estimate of drug-likeness (QED) is 0.699. The zero-order valence-corrected chi connectivity index (χ0v) is 8.07. The SMILES string of the molecule is CC[C@@H]1CN2CC[C@@H]1CC2C(=O)O. The van der Waals surface area contributed by atoms with Crippen LogP contribution in [-0.4, -0.2) is 35.1 Å². The first kappa shape index (κ1) is 9.00. The van der Waals surface area contributed by atoms with E-state index in [9.17, 15) is 4.79 Å². The lowest BCUT2D eigenvalue weighted by atomic mass is 9.74. The van der Waals surface area contributed by atoms with E-state index in [0.717, 1.165) is 25.4 Å². The lowest BCUT2D eigenvalue weighted by molar-refractivity contribution is -0.149. The molecule has 0 spiro atoms. The number of nitrogens with zero attached hydrogens (tertiary/aromatic N) is 1. The number of piperidine rings is 3. The second-order valence-electron chi connectivity index (χ2n) is 4.30. The Morgan fingerprint density at radius 2 is 2.38 bits per heavy atom. The van der Waals surface area contributed by atoms with Gasteiger partial charge in [0.2, 0.25) is 0 Å². The minimum absolute atomic E-state index is 0.179. The maximum atomic E-state index is 10.9. The third-order valence-corrected chi connectivity index (χ3v) is 3.70. The van der Waals surface area contributed by atoms with Crippen LogP contribution in [0.1, 0.15) is 26.2 Å². The van der Waals surface area contributed by atoms with E-state index in [0.29, 0.717) is 5.92 Å². The molecule has 3 heterocycles. The van der Waals surface area contributed by atoms with Gasteiger partial charge >= 0.3 is 5.97 Å². The summed E-state index contributed by atoms with van der Waals surface area (Å²) in [6.45, 7) is 4.22. The van der Waals surface area contributed by atoms with Gasteiger partial charge in [-0.25, -0.2) is 0 Å². The van der Waals surface area contributed by atoms with Crippen molar-refractivity contribution in [2.75, 3.05) is 13.1 Å². The smallest absolute Gasteiger partial charge is 0.320 e. The van der Waals surface area contributed by atoms with Gasteiger partial charge in [0.1, 0.15) is 6.04 Å². The van der Waals surface area contributed by atoms with Crippen molar-refractivity contribution in [3.8, 4) is 0 Å². The number of carboxylic acids is 1. The number of fused-ring (bicyclic) bond motifs is 3. The summed E-state index contributed by atoms with van der Waals surface area (Å²) in [7, 11) is 0. The van der Waals surface area contributed by atoms with Crippen molar-refractivity contribution < 1.29 is 9.90 Å². The summed E-state index contributed by atoms with van der Waals surface area (Å²) in [5.41, 5.74) is 0. The van der Waals surface area contributed by atoms with Crippen LogP contribution < -0.4 is 0 Å². The van der Waals surface area contributed by atoms with Crippen LogP contribution in [0.2, 0.25) is 0 Å². The van der Waals surface area contributed by atoms with Crippen molar-refractivity contribution in [3.05, 3.63) is 0 Å². The second-order valence-corrected chi connectivity index (χ2v) is 4.30. The van der Waals surface area contributed by atoms with Gasteiger partial charge in [-0.1, -0.05) is 13.3 Å². The molecule has 3 nitrogen and oxygen atoms in total. The molecular formula is C10H17NO2. The fourth-order valence-electron chi connectivity index (χ4n) is 2.86. The lowest BCUT2D eigenvalue weighted by Gasteiger charge is -2.48. The summed E-state index contributed by atoms with van der Waals surface area (Å²) >= 11 is 0. The Morgan fingerprint density at radius 3 is 2.85 bits per heavy atom. The van der Waals surface area contributed by atoms with E-state index in [1.54, 1.807) is 0 Å². The third kappa shape index (κ3) is 1.46. The fraction of sp³-hybridized carbons (Fsp3) is 0.900. The Hall–Kier alpha value is -0.570. The molecule has 2 bridgehead atoms. The molecule has 0 amide bonds. The monoisotopic (exact) mass is 183 g/mol. The fourth-order valence-corrected chi connectivity index (χ4v) is 2.86. The molecule has 2 unspecified atom stereocenters. The van der Waals surface area contributed by atoms with Gasteiger partial charge in [-0.15, -0.1) is 0 Å². The summed E-state index contributed by atoms with van der Waals surface area (Å²) in [5.74, 6) is 0.805. The normalized spacial score (nSPS) is 43.5. The van der Waals surface area contributed by atoms with Crippen LogP contribution in [-0.2, 0) is 4.79 Å². The summed E-state index contributed by atoms with van der Waals surface area (Å²) in [6.07, 6.45) is 3.30. The van der Waals surface area contributed by atoms with E-state index in [2.05, 4.69) is 11.8 Å². The maximum Gasteiger partial charge on any atom is 0.320 e. The average molecular weight is 183 g/mol. The van der Waals surface area contributed by atoms with Crippen LogP contribution in [0.25, 0.3) is 0 Å². The highest BCUT2D eigenvalue weighted by molar-refractivity contribution is 5.73. The molecule has 74 valence electrons. The van der Waals surface area contributed by atoms with Crippen LogP contribution >= 0.6 is 0 Å². The molecule has 0 saturated carbocycles. The molecule has 0 radical (unpaired) electrons. The first-order valence-electron chi connectivity index (χ1n) is 5.19. The molecule has 1 N–H and O–H groups in total. The average Bonchev–Trinajstić information content (AvgIpc) is 2.18. The van der Waals surface area contributed by atoms with Gasteiger partial charge in [0, 0.05) is 6.54 Å². The number of hydrogen-bond donors (Lipinski definition) is 1. The van der Waals surface area contributed by atoms with Crippen molar-refractivity contribution in [2.24, 2.45) is 11.8 Å². The van der Waals surface area contributed by atoms with E-state index in [1.165, 1.54) is 12.8 Å². The molecule has 3 rings (SSSR count). The van der Waals surface area contributed by atoms with Gasteiger partial charge in [0.25, 0.3) is 0 Å². The van der Waals surface area contributed by atoms with Crippen LogP contribution in [0.4, 0.5) is 0 Å². The Bertz CT molecular complexity index is 217. The standard InChI is InChI=1S/C10H17NO2/c1-2-7-6-11-4-3-8(7)5-9(11)10(12)13/h7-9H,2-6H2,1H3,(H,12,13)/t7-,8-,9?/m1/s1. The molecule has 4 atom stereocenters. The molecule has 3 aliphatic rings. The van der Waals surface area contributed by atoms with Crippen molar-refractivity contribution in [3.63, 3.8) is 0 Å². The molecular weight excluding hydrogens is 166 g/mol. The van der Waals surface area contributed by atoms with E-state index < -0.39 is 5.97 Å². The summed E-state index contributed by atoms with van der Waals surface area (Å²) in [5, 5.41) is 8.98. The third-order valence-electron chi connectivity index (χ3n) is 3.70. The van der Waals surface area contributed by atoms with Gasteiger partial charge in [0.05, 0.1) is 0 Å². The zero-order valence-electron chi connectivity index (χ0n) is 8.07. The number of aliphatic carboxylic acids is 1. The number of carboxylic acid groups (broad SMARTS) is 1. The first-order valence-corrected chi connectivity index (χ1v) is 5.19. The van der Waals surface area contributed by atoms with E-state index in [1.807, 2.05) is 0 Å². The van der Waals surface area contributed by atoms with Crippen molar-refractivity contribution in [1.82, 2.24) is 4.90 Å².